The number of nitrogens with one attached hydrogen (secondary N) is 1. The second kappa shape index (κ2) is 7.09. The molecule has 0 aliphatic heterocycles. The van der Waals surface area contributed by atoms with Gasteiger partial charge in [-0.05, 0) is 51.3 Å². The minimum Gasteiger partial charge on any atom is -0.491 e. The smallest absolute Gasteiger partial charge is 0.213 e. The van der Waals surface area contributed by atoms with Crippen molar-refractivity contribution in [2.75, 3.05) is 6.54 Å². The first kappa shape index (κ1) is 17.0. The van der Waals surface area contributed by atoms with Crippen molar-refractivity contribution in [3.05, 3.63) is 29.8 Å². The summed E-state index contributed by atoms with van der Waals surface area (Å²) in [6.45, 7) is 9.72. The van der Waals surface area contributed by atoms with Gasteiger partial charge in [0.05, 0.1) is 11.4 Å². The maximum Gasteiger partial charge on any atom is 0.213 e. The Morgan fingerprint density at radius 3 is 2.05 bits per heavy atom. The van der Waals surface area contributed by atoms with Gasteiger partial charge >= 0.3 is 0 Å². The molecule has 114 valence electrons. The lowest BCUT2D eigenvalue weighted by molar-refractivity contribution is 0.242. The fourth-order valence-electron chi connectivity index (χ4n) is 1.67. The van der Waals surface area contributed by atoms with E-state index in [-0.39, 0.29) is 12.0 Å². The number of hydrogen-bond acceptors (Lipinski definition) is 3. The van der Waals surface area contributed by atoms with Crippen LogP contribution in [-0.4, -0.2) is 26.3 Å². The van der Waals surface area contributed by atoms with Crippen molar-refractivity contribution in [1.82, 2.24) is 4.72 Å². The lowest BCUT2D eigenvalue weighted by atomic mass is 10.0. The van der Waals surface area contributed by atoms with E-state index in [1.165, 1.54) is 0 Å². The van der Waals surface area contributed by atoms with Gasteiger partial charge in [-0.25, -0.2) is 13.1 Å². The molecule has 1 aromatic rings. The molecule has 0 bridgehead atoms. The van der Waals surface area contributed by atoms with Gasteiger partial charge in [-0.3, -0.25) is 0 Å². The van der Waals surface area contributed by atoms with Crippen LogP contribution in [0.5, 0.6) is 5.75 Å². The second-order valence-electron chi connectivity index (χ2n) is 5.58. The normalized spacial score (nSPS) is 13.8. The third-order valence-electron chi connectivity index (χ3n) is 3.03. The molecule has 0 aliphatic carbocycles. The first-order valence-electron chi connectivity index (χ1n) is 6.97. The van der Waals surface area contributed by atoms with Gasteiger partial charge in [-0.1, -0.05) is 19.1 Å². The highest BCUT2D eigenvalue weighted by atomic mass is 32.2. The highest BCUT2D eigenvalue weighted by molar-refractivity contribution is 7.90. The lowest BCUT2D eigenvalue weighted by Crippen LogP contribution is -2.33. The molecule has 0 spiro atoms. The molecule has 1 unspecified atom stereocenters. The van der Waals surface area contributed by atoms with Gasteiger partial charge < -0.3 is 4.74 Å². The second-order valence-corrected chi connectivity index (χ2v) is 7.90. The van der Waals surface area contributed by atoms with Crippen molar-refractivity contribution in [2.24, 2.45) is 0 Å². The summed E-state index contributed by atoms with van der Waals surface area (Å²) < 4.78 is 31.6. The zero-order valence-electron chi connectivity index (χ0n) is 12.9. The van der Waals surface area contributed by atoms with E-state index in [2.05, 4.69) is 4.72 Å². The summed E-state index contributed by atoms with van der Waals surface area (Å²) in [7, 11) is -3.20. The fourth-order valence-corrected chi connectivity index (χ4v) is 2.49. The molecule has 1 aromatic carbocycles. The molecule has 1 N–H and O–H groups in total. The van der Waals surface area contributed by atoms with Crippen LogP contribution in [0.25, 0.3) is 0 Å². The van der Waals surface area contributed by atoms with Crippen molar-refractivity contribution in [2.45, 2.75) is 51.9 Å². The molecule has 0 aromatic heterocycles. The molecule has 4 nitrogen and oxygen atoms in total. The third-order valence-corrected chi connectivity index (χ3v) is 4.84. The highest BCUT2D eigenvalue weighted by Gasteiger charge is 2.16. The van der Waals surface area contributed by atoms with Crippen LogP contribution < -0.4 is 9.46 Å². The zero-order valence-corrected chi connectivity index (χ0v) is 13.7. The standard InChI is InChI=1S/C15H25NO3S/c1-11(2)19-15-8-6-14(7-9-15)13(5)10-16-20(17,18)12(3)4/h6-9,11-13,16H,10H2,1-5H3. The minimum absolute atomic E-state index is 0.122. The summed E-state index contributed by atoms with van der Waals surface area (Å²) in [5.74, 6) is 0.954. The Balaban J connectivity index is 2.62. The fraction of sp³-hybridized carbons (Fsp3) is 0.600. The molecule has 0 saturated carbocycles. The number of ether oxygens (including phenoxy) is 1. The number of sulfonamides is 1. The largest absolute Gasteiger partial charge is 0.491 e. The van der Waals surface area contributed by atoms with Crippen LogP contribution >= 0.6 is 0 Å². The average Bonchev–Trinajstić information content (AvgIpc) is 2.36. The third kappa shape index (κ3) is 5.13. The van der Waals surface area contributed by atoms with Crippen LogP contribution in [0.3, 0.4) is 0 Å². The molecule has 0 amide bonds. The summed E-state index contributed by atoms with van der Waals surface area (Å²) in [5.41, 5.74) is 1.09. The Morgan fingerprint density at radius 2 is 1.60 bits per heavy atom. The molecule has 0 fully saturated rings. The van der Waals surface area contributed by atoms with E-state index in [1.54, 1.807) is 13.8 Å². The minimum atomic E-state index is -3.20. The van der Waals surface area contributed by atoms with Crippen LogP contribution in [-0.2, 0) is 10.0 Å². The summed E-state index contributed by atoms with van der Waals surface area (Å²) in [5, 5.41) is -0.406. The van der Waals surface area contributed by atoms with Gasteiger partial charge in [0.2, 0.25) is 10.0 Å². The van der Waals surface area contributed by atoms with Crippen molar-refractivity contribution >= 4 is 10.0 Å². The Morgan fingerprint density at radius 1 is 1.05 bits per heavy atom. The number of rotatable bonds is 7. The van der Waals surface area contributed by atoms with E-state index < -0.39 is 15.3 Å². The van der Waals surface area contributed by atoms with Crippen molar-refractivity contribution in [3.8, 4) is 5.75 Å². The predicted molar refractivity (Wildman–Crippen MR) is 82.7 cm³/mol. The van der Waals surface area contributed by atoms with E-state index in [0.29, 0.717) is 6.54 Å². The van der Waals surface area contributed by atoms with Crippen LogP contribution in [0.15, 0.2) is 24.3 Å². The molecule has 0 saturated heterocycles. The first-order chi connectivity index (χ1) is 9.22. The zero-order chi connectivity index (χ0) is 15.3. The van der Waals surface area contributed by atoms with E-state index >= 15 is 0 Å². The Labute approximate surface area is 122 Å². The lowest BCUT2D eigenvalue weighted by Gasteiger charge is -2.16. The van der Waals surface area contributed by atoms with Gasteiger partial charge in [0, 0.05) is 6.54 Å². The van der Waals surface area contributed by atoms with Crippen molar-refractivity contribution in [1.29, 1.82) is 0 Å². The molecule has 0 heterocycles. The number of benzene rings is 1. The molecule has 0 radical (unpaired) electrons. The topological polar surface area (TPSA) is 55.4 Å². The van der Waals surface area contributed by atoms with Crippen LogP contribution in [0.2, 0.25) is 0 Å². The van der Waals surface area contributed by atoms with E-state index in [0.717, 1.165) is 11.3 Å². The highest BCUT2D eigenvalue weighted by Crippen LogP contribution is 2.20. The molecule has 0 aliphatic rings. The molecule has 5 heteroatoms. The SMILES string of the molecule is CC(C)Oc1ccc(C(C)CNS(=O)(=O)C(C)C)cc1. The van der Waals surface area contributed by atoms with Crippen molar-refractivity contribution < 1.29 is 13.2 Å². The predicted octanol–water partition coefficient (Wildman–Crippen LogP) is 2.91. The molecule has 20 heavy (non-hydrogen) atoms. The van der Waals surface area contributed by atoms with Gasteiger partial charge in [0.25, 0.3) is 0 Å². The quantitative estimate of drug-likeness (QED) is 0.842. The summed E-state index contributed by atoms with van der Waals surface area (Å²) in [6.07, 6.45) is 0.149. The Bertz CT molecular complexity index is 506. The maximum atomic E-state index is 11.7. The Hall–Kier alpha value is -1.07. The van der Waals surface area contributed by atoms with E-state index in [4.69, 9.17) is 4.74 Å². The van der Waals surface area contributed by atoms with Crippen LogP contribution in [0.4, 0.5) is 0 Å². The van der Waals surface area contributed by atoms with Crippen LogP contribution in [0, 0.1) is 0 Å². The monoisotopic (exact) mass is 299 g/mol. The van der Waals surface area contributed by atoms with Crippen LogP contribution in [0.1, 0.15) is 46.1 Å². The summed E-state index contributed by atoms with van der Waals surface area (Å²) in [6, 6.07) is 7.80. The van der Waals surface area contributed by atoms with Crippen molar-refractivity contribution in [3.63, 3.8) is 0 Å². The van der Waals surface area contributed by atoms with Gasteiger partial charge in [-0.15, -0.1) is 0 Å². The molecule has 1 rings (SSSR count). The van der Waals surface area contributed by atoms with Gasteiger partial charge in [0.1, 0.15) is 5.75 Å². The summed E-state index contributed by atoms with van der Waals surface area (Å²) >= 11 is 0. The summed E-state index contributed by atoms with van der Waals surface area (Å²) in [4.78, 5) is 0. The maximum absolute atomic E-state index is 11.7. The number of hydrogen-bond donors (Lipinski definition) is 1. The van der Waals surface area contributed by atoms with E-state index in [1.807, 2.05) is 45.0 Å². The molecule has 1 atom stereocenters. The average molecular weight is 299 g/mol. The molecular formula is C15H25NO3S. The van der Waals surface area contributed by atoms with Gasteiger partial charge in [-0.2, -0.15) is 0 Å². The van der Waals surface area contributed by atoms with E-state index in [9.17, 15) is 8.42 Å². The van der Waals surface area contributed by atoms with Gasteiger partial charge in [0.15, 0.2) is 0 Å². The first-order valence-corrected chi connectivity index (χ1v) is 8.52. The Kier molecular flexibility index (Phi) is 6.02. The molecular weight excluding hydrogens is 274 g/mol.